The van der Waals surface area contributed by atoms with Crippen molar-refractivity contribution in [1.29, 1.82) is 0 Å². The number of hydrogen-bond acceptors (Lipinski definition) is 6. The summed E-state index contributed by atoms with van der Waals surface area (Å²) in [5.41, 5.74) is 0. The fourth-order valence-electron chi connectivity index (χ4n) is 2.51. The summed E-state index contributed by atoms with van der Waals surface area (Å²) in [5.74, 6) is 0.438. The largest absolute Gasteiger partial charge is 0.352 e. The highest BCUT2D eigenvalue weighted by molar-refractivity contribution is 7.99. The Labute approximate surface area is 152 Å². The van der Waals surface area contributed by atoms with E-state index in [4.69, 9.17) is 0 Å². The zero-order chi connectivity index (χ0) is 18.2. The van der Waals surface area contributed by atoms with Crippen molar-refractivity contribution in [2.24, 2.45) is 0 Å². The molecule has 1 aromatic heterocycles. The Kier molecular flexibility index (Phi) is 7.45. The van der Waals surface area contributed by atoms with Crippen LogP contribution in [0.4, 0.5) is 0 Å². The molecule has 0 radical (unpaired) electrons. The summed E-state index contributed by atoms with van der Waals surface area (Å²) in [4.78, 5) is 28.0. The Balaban J connectivity index is 1.73. The third kappa shape index (κ3) is 5.86. The molecule has 0 bridgehead atoms. The molecule has 2 rings (SSSR count). The molecule has 1 saturated heterocycles. The Morgan fingerprint density at radius 2 is 2.08 bits per heavy atom. The van der Waals surface area contributed by atoms with Crippen LogP contribution in [0.25, 0.3) is 0 Å². The van der Waals surface area contributed by atoms with Gasteiger partial charge in [-0.1, -0.05) is 17.8 Å². The van der Waals surface area contributed by atoms with Crippen LogP contribution in [0.15, 0.2) is 24.1 Å². The molecule has 2 amide bonds. The van der Waals surface area contributed by atoms with Gasteiger partial charge in [0.25, 0.3) is 0 Å². The van der Waals surface area contributed by atoms with Crippen molar-refractivity contribution in [2.45, 2.75) is 25.0 Å². The van der Waals surface area contributed by atoms with E-state index >= 15 is 0 Å². The van der Waals surface area contributed by atoms with E-state index < -0.39 is 0 Å². The van der Waals surface area contributed by atoms with Crippen molar-refractivity contribution in [3.8, 4) is 0 Å². The SMILES string of the molecule is C=CCNC(=O)CN1CCN(C(=O)CSc2nncn2C(C)C)CC1. The molecule has 0 unspecified atom stereocenters. The van der Waals surface area contributed by atoms with E-state index in [2.05, 4.69) is 40.8 Å². The van der Waals surface area contributed by atoms with E-state index in [1.54, 1.807) is 12.4 Å². The van der Waals surface area contributed by atoms with Gasteiger partial charge in [0.15, 0.2) is 5.16 Å². The van der Waals surface area contributed by atoms with E-state index in [1.165, 1.54) is 11.8 Å². The maximum Gasteiger partial charge on any atom is 0.234 e. The average molecular weight is 366 g/mol. The molecule has 0 saturated carbocycles. The second-order valence-corrected chi connectivity index (χ2v) is 7.10. The Hall–Kier alpha value is -1.87. The molecule has 1 fully saturated rings. The fraction of sp³-hybridized carbons (Fsp3) is 0.625. The summed E-state index contributed by atoms with van der Waals surface area (Å²) < 4.78 is 1.96. The number of nitrogens with one attached hydrogen (secondary N) is 1. The van der Waals surface area contributed by atoms with Crippen LogP contribution in [0.1, 0.15) is 19.9 Å². The molecule has 0 aliphatic carbocycles. The fourth-order valence-corrected chi connectivity index (χ4v) is 3.45. The van der Waals surface area contributed by atoms with Crippen molar-refractivity contribution in [3.63, 3.8) is 0 Å². The van der Waals surface area contributed by atoms with Crippen LogP contribution in [0, 0.1) is 0 Å². The minimum atomic E-state index is -0.0109. The first-order valence-corrected chi connectivity index (χ1v) is 9.40. The second kappa shape index (κ2) is 9.57. The average Bonchev–Trinajstić information content (AvgIpc) is 3.07. The zero-order valence-corrected chi connectivity index (χ0v) is 15.7. The van der Waals surface area contributed by atoms with Gasteiger partial charge in [0.05, 0.1) is 12.3 Å². The van der Waals surface area contributed by atoms with Gasteiger partial charge in [0.2, 0.25) is 11.8 Å². The first-order valence-electron chi connectivity index (χ1n) is 8.41. The number of nitrogens with zero attached hydrogens (tertiary/aromatic N) is 5. The van der Waals surface area contributed by atoms with Crippen molar-refractivity contribution < 1.29 is 9.59 Å². The summed E-state index contributed by atoms with van der Waals surface area (Å²) in [6, 6.07) is 0.267. The maximum absolute atomic E-state index is 12.4. The normalized spacial score (nSPS) is 15.4. The van der Waals surface area contributed by atoms with Crippen LogP contribution < -0.4 is 5.32 Å². The highest BCUT2D eigenvalue weighted by Crippen LogP contribution is 2.19. The number of hydrogen-bond donors (Lipinski definition) is 1. The third-order valence-electron chi connectivity index (χ3n) is 3.96. The van der Waals surface area contributed by atoms with Crippen LogP contribution in [0.3, 0.4) is 0 Å². The molecule has 1 aromatic rings. The molecule has 138 valence electrons. The Morgan fingerprint density at radius 1 is 1.36 bits per heavy atom. The van der Waals surface area contributed by atoms with Gasteiger partial charge < -0.3 is 14.8 Å². The summed E-state index contributed by atoms with van der Waals surface area (Å²) in [6.07, 6.45) is 3.35. The predicted octanol–water partition coefficient (Wildman–Crippen LogP) is 0.398. The van der Waals surface area contributed by atoms with Crippen molar-refractivity contribution in [3.05, 3.63) is 19.0 Å². The van der Waals surface area contributed by atoms with E-state index in [9.17, 15) is 9.59 Å². The van der Waals surface area contributed by atoms with Gasteiger partial charge in [0, 0.05) is 38.8 Å². The highest BCUT2D eigenvalue weighted by atomic mass is 32.2. The van der Waals surface area contributed by atoms with Crippen molar-refractivity contribution in [1.82, 2.24) is 29.9 Å². The molecule has 1 aliphatic heterocycles. The van der Waals surface area contributed by atoms with Gasteiger partial charge in [-0.05, 0) is 13.8 Å². The van der Waals surface area contributed by atoms with Crippen LogP contribution in [0.2, 0.25) is 0 Å². The lowest BCUT2D eigenvalue weighted by molar-refractivity contribution is -0.130. The van der Waals surface area contributed by atoms with E-state index in [0.717, 1.165) is 5.16 Å². The number of rotatable bonds is 8. The highest BCUT2D eigenvalue weighted by Gasteiger charge is 2.23. The molecular formula is C16H26N6O2S. The number of carbonyl (C=O) groups is 2. The van der Waals surface area contributed by atoms with Gasteiger partial charge in [-0.25, -0.2) is 0 Å². The standard InChI is InChI=1S/C16H26N6O2S/c1-4-5-17-14(23)10-20-6-8-21(9-7-20)15(24)11-25-16-19-18-12-22(16)13(2)3/h4,12-13H,1,5-11H2,2-3H3,(H,17,23). The molecule has 2 heterocycles. The van der Waals surface area contributed by atoms with Gasteiger partial charge in [-0.3, -0.25) is 14.5 Å². The molecule has 25 heavy (non-hydrogen) atoms. The lowest BCUT2D eigenvalue weighted by Gasteiger charge is -2.34. The molecule has 8 nitrogen and oxygen atoms in total. The van der Waals surface area contributed by atoms with Crippen LogP contribution >= 0.6 is 11.8 Å². The van der Waals surface area contributed by atoms with Gasteiger partial charge in [0.1, 0.15) is 6.33 Å². The third-order valence-corrected chi connectivity index (χ3v) is 4.90. The number of amides is 2. The lowest BCUT2D eigenvalue weighted by atomic mass is 10.3. The quantitative estimate of drug-likeness (QED) is 0.530. The number of aromatic nitrogens is 3. The number of piperazine rings is 1. The van der Waals surface area contributed by atoms with Gasteiger partial charge in [-0.15, -0.1) is 16.8 Å². The first-order chi connectivity index (χ1) is 12.0. The molecule has 0 spiro atoms. The lowest BCUT2D eigenvalue weighted by Crippen LogP contribution is -2.51. The van der Waals surface area contributed by atoms with E-state index in [-0.39, 0.29) is 17.9 Å². The zero-order valence-electron chi connectivity index (χ0n) is 14.8. The monoisotopic (exact) mass is 366 g/mol. The molecule has 0 atom stereocenters. The number of carbonyl (C=O) groups excluding carboxylic acids is 2. The molecule has 1 N–H and O–H groups in total. The molecule has 1 aliphatic rings. The summed E-state index contributed by atoms with van der Waals surface area (Å²) in [6.45, 7) is 11.2. The van der Waals surface area contributed by atoms with Crippen LogP contribution in [-0.2, 0) is 9.59 Å². The Bertz CT molecular complexity index is 595. The van der Waals surface area contributed by atoms with Crippen LogP contribution in [0.5, 0.6) is 0 Å². The molecule has 9 heteroatoms. The minimum Gasteiger partial charge on any atom is -0.352 e. The second-order valence-electron chi connectivity index (χ2n) is 6.15. The molecular weight excluding hydrogens is 340 g/mol. The van der Waals surface area contributed by atoms with Gasteiger partial charge >= 0.3 is 0 Å². The summed E-state index contributed by atoms with van der Waals surface area (Å²) in [7, 11) is 0. The first kappa shape index (κ1) is 19.5. The summed E-state index contributed by atoms with van der Waals surface area (Å²) >= 11 is 1.42. The van der Waals surface area contributed by atoms with E-state index in [1.807, 2.05) is 9.47 Å². The van der Waals surface area contributed by atoms with Crippen molar-refractivity contribution in [2.75, 3.05) is 45.0 Å². The van der Waals surface area contributed by atoms with Crippen LogP contribution in [-0.4, -0.2) is 81.4 Å². The smallest absolute Gasteiger partial charge is 0.234 e. The van der Waals surface area contributed by atoms with Gasteiger partial charge in [-0.2, -0.15) is 0 Å². The predicted molar refractivity (Wildman–Crippen MR) is 97.4 cm³/mol. The maximum atomic E-state index is 12.4. The van der Waals surface area contributed by atoms with E-state index in [0.29, 0.717) is 45.0 Å². The molecule has 0 aromatic carbocycles. The summed E-state index contributed by atoms with van der Waals surface area (Å²) in [5, 5.41) is 11.5. The minimum absolute atomic E-state index is 0.0109. The Morgan fingerprint density at radius 3 is 2.72 bits per heavy atom. The van der Waals surface area contributed by atoms with Crippen molar-refractivity contribution >= 4 is 23.6 Å². The topological polar surface area (TPSA) is 83.4 Å². The number of thioether (sulfide) groups is 1.